The third kappa shape index (κ3) is 5.35. The van der Waals surface area contributed by atoms with Crippen LogP contribution in [0.5, 0.6) is 23.0 Å². The van der Waals surface area contributed by atoms with Gasteiger partial charge in [0.05, 0.1) is 14.2 Å². The minimum absolute atomic E-state index is 0.0912. The Hall–Kier alpha value is -2.87. The Morgan fingerprint density at radius 2 is 1.24 bits per heavy atom. The number of carbonyl (C=O) groups excluding carboxylic acids is 2. The van der Waals surface area contributed by atoms with Crippen LogP contribution < -0.4 is 29.6 Å². The minimum Gasteiger partial charge on any atom is -0.490 e. The van der Waals surface area contributed by atoms with E-state index in [-0.39, 0.29) is 35.1 Å². The molecule has 0 aliphatic carbocycles. The summed E-state index contributed by atoms with van der Waals surface area (Å²) in [5, 5.41) is 6.56. The van der Waals surface area contributed by atoms with Gasteiger partial charge < -0.3 is 29.6 Å². The molecular weight excluding hydrogens is 400 g/mol. The summed E-state index contributed by atoms with van der Waals surface area (Å²) in [7, 11) is 2.78. The number of hydrogen-bond donors (Lipinski definition) is 2. The number of ether oxygens (including phenoxy) is 4. The van der Waals surface area contributed by atoms with E-state index in [2.05, 4.69) is 10.6 Å². The lowest BCUT2D eigenvalue weighted by atomic mass is 10.1. The zero-order valence-electron chi connectivity index (χ0n) is 17.2. The van der Waals surface area contributed by atoms with Gasteiger partial charge in [-0.3, -0.25) is 0 Å². The number of fused-ring (bicyclic) bond motifs is 1. The van der Waals surface area contributed by atoms with Crippen LogP contribution in [0.1, 0.15) is 27.7 Å². The highest BCUT2D eigenvalue weighted by molar-refractivity contribution is 6.31. The first-order valence-electron chi connectivity index (χ1n) is 9.01. The van der Waals surface area contributed by atoms with Gasteiger partial charge in [0.25, 0.3) is 0 Å². The molecule has 2 rings (SSSR count). The van der Waals surface area contributed by atoms with Crippen LogP contribution in [0.25, 0.3) is 10.8 Å². The van der Waals surface area contributed by atoms with Crippen molar-refractivity contribution in [2.75, 3.05) is 14.2 Å². The molecule has 9 heteroatoms. The van der Waals surface area contributed by atoms with Gasteiger partial charge in [-0.25, -0.2) is 9.59 Å². The van der Waals surface area contributed by atoms with Crippen molar-refractivity contribution in [3.05, 3.63) is 23.2 Å². The molecule has 0 aliphatic heterocycles. The molecule has 2 amide bonds. The molecule has 0 radical (unpaired) electrons. The van der Waals surface area contributed by atoms with Crippen molar-refractivity contribution in [2.45, 2.75) is 39.8 Å². The topological polar surface area (TPSA) is 95.1 Å². The van der Waals surface area contributed by atoms with Gasteiger partial charge in [0.1, 0.15) is 0 Å². The molecule has 8 nitrogen and oxygen atoms in total. The molecule has 2 aromatic carbocycles. The van der Waals surface area contributed by atoms with E-state index in [4.69, 9.17) is 30.5 Å². The van der Waals surface area contributed by atoms with Gasteiger partial charge in [-0.05, 0) is 45.9 Å². The number of halogens is 1. The Morgan fingerprint density at radius 3 is 1.66 bits per heavy atom. The largest absolute Gasteiger partial charge is 0.490 e. The van der Waals surface area contributed by atoms with Gasteiger partial charge in [-0.15, -0.1) is 0 Å². The van der Waals surface area contributed by atoms with E-state index in [0.717, 1.165) is 0 Å². The number of nitrogens with one attached hydrogen (secondary N) is 2. The number of hydrogen-bond acceptors (Lipinski definition) is 6. The maximum absolute atomic E-state index is 12.2. The van der Waals surface area contributed by atoms with Crippen LogP contribution in [0, 0.1) is 0 Å². The van der Waals surface area contributed by atoms with Crippen LogP contribution in [0.2, 0.25) is 5.02 Å². The molecule has 0 saturated heterocycles. The Kier molecular flexibility index (Phi) is 7.39. The Bertz CT molecular complexity index is 914. The van der Waals surface area contributed by atoms with Gasteiger partial charge in [0.2, 0.25) is 11.5 Å². The fourth-order valence-electron chi connectivity index (χ4n) is 2.64. The molecule has 0 bridgehead atoms. The van der Waals surface area contributed by atoms with E-state index in [1.54, 1.807) is 45.9 Å². The Labute approximate surface area is 174 Å². The highest BCUT2D eigenvalue weighted by atomic mass is 35.5. The summed E-state index contributed by atoms with van der Waals surface area (Å²) in [4.78, 5) is 24.5. The number of benzene rings is 2. The molecule has 29 heavy (non-hydrogen) atoms. The molecule has 0 saturated carbocycles. The van der Waals surface area contributed by atoms with Crippen LogP contribution in [-0.4, -0.2) is 38.5 Å². The molecule has 0 aliphatic rings. The molecule has 2 N–H and O–H groups in total. The van der Waals surface area contributed by atoms with Crippen LogP contribution in [0.3, 0.4) is 0 Å². The average molecular weight is 425 g/mol. The predicted octanol–water partition coefficient (Wildman–Crippen LogP) is 4.50. The zero-order valence-corrected chi connectivity index (χ0v) is 18.0. The molecule has 0 fully saturated rings. The second-order valence-electron chi connectivity index (χ2n) is 6.79. The third-order valence-corrected chi connectivity index (χ3v) is 3.94. The van der Waals surface area contributed by atoms with E-state index >= 15 is 0 Å². The Balaban J connectivity index is 2.70. The smallest absolute Gasteiger partial charge is 0.412 e. The van der Waals surface area contributed by atoms with Crippen LogP contribution >= 0.6 is 11.6 Å². The quantitative estimate of drug-likeness (QED) is 0.708. The van der Waals surface area contributed by atoms with Gasteiger partial charge in [-0.1, -0.05) is 11.6 Å². The molecule has 0 unspecified atom stereocenters. The van der Waals surface area contributed by atoms with E-state index < -0.39 is 12.2 Å². The second-order valence-corrected chi connectivity index (χ2v) is 7.23. The van der Waals surface area contributed by atoms with Crippen molar-refractivity contribution in [2.24, 2.45) is 0 Å². The summed E-state index contributed by atoms with van der Waals surface area (Å²) >= 11 is 6.16. The SMILES string of the molecule is COc1c(OC)c(OC(=O)NC(C)C)c2cc(Cl)ccc2c1OC(=O)NC(C)C. The van der Waals surface area contributed by atoms with E-state index in [1.807, 2.05) is 0 Å². The highest BCUT2D eigenvalue weighted by Gasteiger charge is 2.27. The lowest BCUT2D eigenvalue weighted by molar-refractivity contribution is 0.192. The normalized spacial score (nSPS) is 10.8. The van der Waals surface area contributed by atoms with Crippen molar-refractivity contribution in [3.8, 4) is 23.0 Å². The average Bonchev–Trinajstić information content (AvgIpc) is 2.61. The van der Waals surface area contributed by atoms with Crippen molar-refractivity contribution in [1.29, 1.82) is 0 Å². The third-order valence-electron chi connectivity index (χ3n) is 3.70. The Morgan fingerprint density at radius 1 is 0.793 bits per heavy atom. The van der Waals surface area contributed by atoms with E-state index in [1.165, 1.54) is 14.2 Å². The van der Waals surface area contributed by atoms with Crippen LogP contribution in [0.4, 0.5) is 9.59 Å². The molecule has 0 spiro atoms. The van der Waals surface area contributed by atoms with E-state index in [0.29, 0.717) is 15.8 Å². The lowest BCUT2D eigenvalue weighted by Crippen LogP contribution is -2.33. The molecule has 0 heterocycles. The summed E-state index contributed by atoms with van der Waals surface area (Å²) in [6.45, 7) is 7.22. The molecule has 0 aromatic heterocycles. The number of amides is 2. The number of rotatable bonds is 6. The fourth-order valence-corrected chi connectivity index (χ4v) is 2.81. The summed E-state index contributed by atoms with van der Waals surface area (Å²) in [6, 6.07) is 4.60. The molecule has 0 atom stereocenters. The fraction of sp³-hybridized carbons (Fsp3) is 0.400. The summed E-state index contributed by atoms with van der Waals surface area (Å²) in [5.41, 5.74) is 0. The first-order valence-corrected chi connectivity index (χ1v) is 9.39. The maximum atomic E-state index is 12.2. The molecular formula is C20H25ClN2O6. The first kappa shape index (κ1) is 22.4. The number of carbonyl (C=O) groups is 2. The van der Waals surface area contributed by atoms with Crippen molar-refractivity contribution < 1.29 is 28.5 Å². The monoisotopic (exact) mass is 424 g/mol. The van der Waals surface area contributed by atoms with Gasteiger partial charge in [-0.2, -0.15) is 0 Å². The minimum atomic E-state index is -0.673. The van der Waals surface area contributed by atoms with Gasteiger partial charge in [0.15, 0.2) is 11.5 Å². The second kappa shape index (κ2) is 9.56. The molecule has 158 valence electrons. The predicted molar refractivity (Wildman–Crippen MR) is 111 cm³/mol. The standard InChI is InChI=1S/C20H25ClN2O6/c1-10(2)22-19(24)28-15-13-8-7-12(21)9-14(13)16(18(27-6)17(15)26-5)29-20(25)23-11(3)4/h7-11H,1-6H3,(H,22,24)(H,23,25). The van der Waals surface area contributed by atoms with E-state index in [9.17, 15) is 9.59 Å². The summed E-state index contributed by atoms with van der Waals surface area (Å²) in [5.74, 6) is 0.407. The summed E-state index contributed by atoms with van der Waals surface area (Å²) in [6.07, 6.45) is -1.34. The lowest BCUT2D eigenvalue weighted by Gasteiger charge is -2.20. The zero-order chi connectivity index (χ0) is 21.7. The molecule has 2 aromatic rings. The number of methoxy groups -OCH3 is 2. The van der Waals surface area contributed by atoms with Gasteiger partial charge >= 0.3 is 12.2 Å². The highest BCUT2D eigenvalue weighted by Crippen LogP contribution is 2.51. The van der Waals surface area contributed by atoms with Crippen molar-refractivity contribution in [1.82, 2.24) is 10.6 Å². The van der Waals surface area contributed by atoms with Crippen LogP contribution in [-0.2, 0) is 0 Å². The summed E-state index contributed by atoms with van der Waals surface area (Å²) < 4.78 is 21.9. The van der Waals surface area contributed by atoms with Gasteiger partial charge in [0, 0.05) is 27.9 Å². The van der Waals surface area contributed by atoms with Crippen molar-refractivity contribution in [3.63, 3.8) is 0 Å². The maximum Gasteiger partial charge on any atom is 0.412 e. The first-order chi connectivity index (χ1) is 13.7. The van der Waals surface area contributed by atoms with Crippen molar-refractivity contribution >= 4 is 34.6 Å². The van der Waals surface area contributed by atoms with Crippen LogP contribution in [0.15, 0.2) is 18.2 Å².